The van der Waals surface area contributed by atoms with E-state index in [0.29, 0.717) is 5.92 Å². The highest BCUT2D eigenvalue weighted by Crippen LogP contribution is 2.35. The minimum absolute atomic E-state index is 0.173. The Morgan fingerprint density at radius 2 is 1.95 bits per heavy atom. The first-order valence-electron chi connectivity index (χ1n) is 7.53. The van der Waals surface area contributed by atoms with Gasteiger partial charge in [-0.25, -0.2) is 0 Å². The second-order valence-corrected chi connectivity index (χ2v) is 6.87. The van der Waals surface area contributed by atoms with Gasteiger partial charge in [0.1, 0.15) is 0 Å². The Hall–Kier alpha value is -0.900. The maximum atomic E-state index is 10.6. The largest absolute Gasteiger partial charge is 0.393 e. The van der Waals surface area contributed by atoms with Gasteiger partial charge in [-0.1, -0.05) is 51.1 Å². The van der Waals surface area contributed by atoms with Crippen molar-refractivity contribution in [1.82, 2.24) is 4.90 Å². The van der Waals surface area contributed by atoms with Gasteiger partial charge in [0, 0.05) is 25.0 Å². The fourth-order valence-corrected chi connectivity index (χ4v) is 3.11. The zero-order valence-corrected chi connectivity index (χ0v) is 12.8. The Kier molecular flexibility index (Phi) is 4.84. The first-order chi connectivity index (χ1) is 9.40. The number of rotatable bonds is 4. The van der Waals surface area contributed by atoms with E-state index < -0.39 is 6.10 Å². The fraction of sp³-hybridized carbons (Fsp3) is 0.647. The van der Waals surface area contributed by atoms with Crippen LogP contribution in [0.25, 0.3) is 0 Å². The lowest BCUT2D eigenvalue weighted by Crippen LogP contribution is -2.46. The molecule has 1 heterocycles. The molecule has 2 rings (SSSR count). The van der Waals surface area contributed by atoms with Crippen molar-refractivity contribution >= 4 is 0 Å². The molecular formula is C17H27NO2. The molecule has 1 saturated heterocycles. The van der Waals surface area contributed by atoms with Crippen LogP contribution in [0.15, 0.2) is 30.3 Å². The molecule has 3 heteroatoms. The third kappa shape index (κ3) is 3.60. The average molecular weight is 277 g/mol. The summed E-state index contributed by atoms with van der Waals surface area (Å²) in [6, 6.07) is 9.86. The lowest BCUT2D eigenvalue weighted by atomic mass is 9.81. The summed E-state index contributed by atoms with van der Waals surface area (Å²) in [6.45, 7) is 8.99. The Bertz CT molecular complexity index is 418. The van der Waals surface area contributed by atoms with Crippen LogP contribution >= 0.6 is 0 Å². The number of aliphatic hydroxyl groups is 2. The molecule has 1 aliphatic rings. The average Bonchev–Trinajstić information content (AvgIpc) is 2.43. The summed E-state index contributed by atoms with van der Waals surface area (Å²) < 4.78 is 0. The molecule has 1 aliphatic heterocycles. The Morgan fingerprint density at radius 3 is 2.55 bits per heavy atom. The minimum atomic E-state index is -0.467. The topological polar surface area (TPSA) is 43.7 Å². The number of hydrogen-bond acceptors (Lipinski definition) is 3. The van der Waals surface area contributed by atoms with E-state index in [0.717, 1.165) is 31.6 Å². The third-order valence-electron chi connectivity index (χ3n) is 4.43. The van der Waals surface area contributed by atoms with Gasteiger partial charge in [0.05, 0.1) is 12.2 Å². The summed E-state index contributed by atoms with van der Waals surface area (Å²) in [5.41, 5.74) is 0.770. The summed E-state index contributed by atoms with van der Waals surface area (Å²) in [5.74, 6) is 0.313. The lowest BCUT2D eigenvalue weighted by molar-refractivity contribution is -0.0157. The molecule has 0 bridgehead atoms. The van der Waals surface area contributed by atoms with E-state index in [1.54, 1.807) is 0 Å². The molecular weight excluding hydrogens is 250 g/mol. The van der Waals surface area contributed by atoms with Crippen molar-refractivity contribution in [2.45, 2.75) is 39.4 Å². The van der Waals surface area contributed by atoms with Crippen LogP contribution < -0.4 is 0 Å². The summed E-state index contributed by atoms with van der Waals surface area (Å²) in [4.78, 5) is 2.36. The molecule has 0 spiro atoms. The highest BCUT2D eigenvalue weighted by molar-refractivity contribution is 5.19. The van der Waals surface area contributed by atoms with Gasteiger partial charge in [0.25, 0.3) is 0 Å². The van der Waals surface area contributed by atoms with Gasteiger partial charge in [-0.3, -0.25) is 0 Å². The highest BCUT2D eigenvalue weighted by Gasteiger charge is 2.33. The second-order valence-electron chi connectivity index (χ2n) is 6.87. The van der Waals surface area contributed by atoms with Gasteiger partial charge in [-0.05, 0) is 17.9 Å². The maximum Gasteiger partial charge on any atom is 0.0853 e. The summed E-state index contributed by atoms with van der Waals surface area (Å²) in [6.07, 6.45) is 0.192. The lowest BCUT2D eigenvalue weighted by Gasteiger charge is -2.41. The second kappa shape index (κ2) is 6.25. The molecule has 2 N–H and O–H groups in total. The number of hydrogen-bond donors (Lipinski definition) is 2. The van der Waals surface area contributed by atoms with E-state index in [-0.39, 0.29) is 11.5 Å². The van der Waals surface area contributed by atoms with Crippen molar-refractivity contribution < 1.29 is 10.2 Å². The molecule has 3 unspecified atom stereocenters. The van der Waals surface area contributed by atoms with Crippen LogP contribution in [0.4, 0.5) is 0 Å². The maximum absolute atomic E-state index is 10.6. The standard InChI is InChI=1S/C17H27NO2/c1-13-11-18(10-9-15(13)19)12-17(2,3)16(20)14-7-5-4-6-8-14/h4-8,13,15-16,19-20H,9-12H2,1-3H3. The molecule has 1 fully saturated rings. The highest BCUT2D eigenvalue weighted by atomic mass is 16.3. The first kappa shape index (κ1) is 15.5. The predicted octanol–water partition coefficient (Wildman–Crippen LogP) is 2.45. The van der Waals surface area contributed by atoms with E-state index in [9.17, 15) is 10.2 Å². The van der Waals surface area contributed by atoms with Gasteiger partial charge >= 0.3 is 0 Å². The Morgan fingerprint density at radius 1 is 1.30 bits per heavy atom. The smallest absolute Gasteiger partial charge is 0.0853 e. The van der Waals surface area contributed by atoms with E-state index in [2.05, 4.69) is 25.7 Å². The van der Waals surface area contributed by atoms with Crippen molar-refractivity contribution in [3.8, 4) is 0 Å². The predicted molar refractivity (Wildman–Crippen MR) is 81.4 cm³/mol. The number of nitrogens with zero attached hydrogens (tertiary/aromatic N) is 1. The molecule has 3 nitrogen and oxygen atoms in total. The van der Waals surface area contributed by atoms with Gasteiger partial charge in [-0.2, -0.15) is 0 Å². The Labute approximate surface area is 122 Å². The molecule has 0 radical (unpaired) electrons. The van der Waals surface area contributed by atoms with E-state index in [1.807, 2.05) is 30.3 Å². The van der Waals surface area contributed by atoms with Crippen LogP contribution in [0.5, 0.6) is 0 Å². The molecule has 3 atom stereocenters. The molecule has 0 saturated carbocycles. The van der Waals surface area contributed by atoms with Crippen LogP contribution in [0.1, 0.15) is 38.9 Å². The van der Waals surface area contributed by atoms with Crippen LogP contribution in [0, 0.1) is 11.3 Å². The molecule has 1 aromatic carbocycles. The molecule has 0 amide bonds. The third-order valence-corrected chi connectivity index (χ3v) is 4.43. The summed E-state index contributed by atoms with van der Waals surface area (Å²) in [5, 5.41) is 20.4. The number of aliphatic hydroxyl groups excluding tert-OH is 2. The quantitative estimate of drug-likeness (QED) is 0.888. The number of piperidine rings is 1. The van der Waals surface area contributed by atoms with Crippen molar-refractivity contribution in [2.24, 2.45) is 11.3 Å². The van der Waals surface area contributed by atoms with Crippen molar-refractivity contribution in [3.63, 3.8) is 0 Å². The van der Waals surface area contributed by atoms with Gasteiger partial charge in [-0.15, -0.1) is 0 Å². The van der Waals surface area contributed by atoms with Crippen LogP contribution in [0.2, 0.25) is 0 Å². The van der Waals surface area contributed by atoms with Gasteiger partial charge < -0.3 is 15.1 Å². The number of benzene rings is 1. The van der Waals surface area contributed by atoms with Gasteiger partial charge in [0.2, 0.25) is 0 Å². The summed E-state index contributed by atoms with van der Waals surface area (Å²) in [7, 11) is 0. The van der Waals surface area contributed by atoms with Crippen molar-refractivity contribution in [1.29, 1.82) is 0 Å². The molecule has 0 aliphatic carbocycles. The Balaban J connectivity index is 2.00. The van der Waals surface area contributed by atoms with E-state index in [4.69, 9.17) is 0 Å². The van der Waals surface area contributed by atoms with Crippen LogP contribution in [-0.2, 0) is 0 Å². The SMILES string of the molecule is CC1CN(CC(C)(C)C(O)c2ccccc2)CCC1O. The summed E-state index contributed by atoms with van der Waals surface area (Å²) >= 11 is 0. The number of likely N-dealkylation sites (tertiary alicyclic amines) is 1. The fourth-order valence-electron chi connectivity index (χ4n) is 3.11. The van der Waals surface area contributed by atoms with E-state index >= 15 is 0 Å². The van der Waals surface area contributed by atoms with Crippen molar-refractivity contribution in [2.75, 3.05) is 19.6 Å². The van der Waals surface area contributed by atoms with Crippen LogP contribution in [0.3, 0.4) is 0 Å². The van der Waals surface area contributed by atoms with Crippen LogP contribution in [-0.4, -0.2) is 40.9 Å². The van der Waals surface area contributed by atoms with E-state index in [1.165, 1.54) is 0 Å². The monoisotopic (exact) mass is 277 g/mol. The zero-order chi connectivity index (χ0) is 14.8. The first-order valence-corrected chi connectivity index (χ1v) is 7.53. The molecule has 1 aromatic rings. The molecule has 112 valence electrons. The van der Waals surface area contributed by atoms with Crippen molar-refractivity contribution in [3.05, 3.63) is 35.9 Å². The molecule has 20 heavy (non-hydrogen) atoms. The van der Waals surface area contributed by atoms with Gasteiger partial charge in [0.15, 0.2) is 0 Å². The normalized spacial score (nSPS) is 26.4. The zero-order valence-electron chi connectivity index (χ0n) is 12.8. The molecule has 0 aromatic heterocycles. The minimum Gasteiger partial charge on any atom is -0.393 e.